The van der Waals surface area contributed by atoms with Crippen LogP contribution in [0.2, 0.25) is 5.02 Å². The van der Waals surface area contributed by atoms with Crippen molar-refractivity contribution >= 4 is 47.3 Å². The van der Waals surface area contributed by atoms with Crippen LogP contribution in [0.15, 0.2) is 12.1 Å². The van der Waals surface area contributed by atoms with Gasteiger partial charge in [0.15, 0.2) is 0 Å². The summed E-state index contributed by atoms with van der Waals surface area (Å²) in [6.45, 7) is 1.76. The highest BCUT2D eigenvalue weighted by atomic mass is 35.5. The third-order valence-corrected chi connectivity index (χ3v) is 2.05. The number of amides is 1. The molecule has 0 aliphatic carbocycles. The van der Waals surface area contributed by atoms with Gasteiger partial charge in [-0.05, 0) is 19.1 Å². The predicted molar refractivity (Wildman–Crippen MR) is 60.6 cm³/mol. The van der Waals surface area contributed by atoms with Crippen molar-refractivity contribution in [1.29, 1.82) is 0 Å². The molecule has 6 heteroatoms. The highest BCUT2D eigenvalue weighted by Crippen LogP contribution is 2.15. The summed E-state index contributed by atoms with van der Waals surface area (Å²) in [5, 5.41) is 3.09. The van der Waals surface area contributed by atoms with Gasteiger partial charge in [0.05, 0.1) is 10.7 Å². The Balaban J connectivity index is 0.00000169. The smallest absolute Gasteiger partial charge is 0.240 e. The number of aryl methyl sites for hydroxylation is 1. The van der Waals surface area contributed by atoms with Gasteiger partial charge in [0.1, 0.15) is 11.7 Å². The van der Waals surface area contributed by atoms with E-state index in [1.807, 2.05) is 0 Å². The fourth-order valence-corrected chi connectivity index (χ4v) is 0.962. The SMILES string of the molecule is Cc1nc(NC(=O)CCl)ccc1Cl.Cl. The van der Waals surface area contributed by atoms with Gasteiger partial charge in [-0.3, -0.25) is 4.79 Å². The molecule has 1 aromatic heterocycles. The molecule has 0 saturated carbocycles. The second-order valence-corrected chi connectivity index (χ2v) is 3.12. The lowest BCUT2D eigenvalue weighted by Gasteiger charge is -2.03. The van der Waals surface area contributed by atoms with E-state index in [0.29, 0.717) is 16.5 Å². The number of hydrogen-bond acceptors (Lipinski definition) is 2. The fourth-order valence-electron chi connectivity index (χ4n) is 0.790. The maximum atomic E-state index is 10.9. The third kappa shape index (κ3) is 3.70. The molecule has 1 rings (SSSR count). The van der Waals surface area contributed by atoms with Crippen molar-refractivity contribution in [3.8, 4) is 0 Å². The second-order valence-electron chi connectivity index (χ2n) is 2.45. The van der Waals surface area contributed by atoms with Crippen LogP contribution in [0.3, 0.4) is 0 Å². The molecular weight excluding hydrogens is 246 g/mol. The Labute approximate surface area is 98.2 Å². The van der Waals surface area contributed by atoms with Gasteiger partial charge in [-0.2, -0.15) is 0 Å². The minimum atomic E-state index is -0.282. The van der Waals surface area contributed by atoms with E-state index < -0.39 is 0 Å². The molecule has 0 saturated heterocycles. The van der Waals surface area contributed by atoms with Crippen LogP contribution in [0.4, 0.5) is 5.82 Å². The number of nitrogens with one attached hydrogen (secondary N) is 1. The van der Waals surface area contributed by atoms with Gasteiger partial charge in [0, 0.05) is 0 Å². The van der Waals surface area contributed by atoms with E-state index in [1.165, 1.54) is 0 Å². The summed E-state index contributed by atoms with van der Waals surface area (Å²) in [4.78, 5) is 14.9. The number of hydrogen-bond donors (Lipinski definition) is 1. The fraction of sp³-hybridized carbons (Fsp3) is 0.250. The lowest BCUT2D eigenvalue weighted by Crippen LogP contribution is -2.13. The van der Waals surface area contributed by atoms with Crippen LogP contribution in [0.1, 0.15) is 5.69 Å². The van der Waals surface area contributed by atoms with Gasteiger partial charge in [0.25, 0.3) is 0 Å². The van der Waals surface area contributed by atoms with E-state index in [-0.39, 0.29) is 24.2 Å². The van der Waals surface area contributed by atoms with Crippen LogP contribution in [0.5, 0.6) is 0 Å². The summed E-state index contributed by atoms with van der Waals surface area (Å²) in [5.41, 5.74) is 0.675. The Morgan fingerprint density at radius 1 is 1.57 bits per heavy atom. The molecule has 1 aromatic rings. The van der Waals surface area contributed by atoms with Crippen molar-refractivity contribution in [2.45, 2.75) is 6.92 Å². The number of rotatable bonds is 2. The first-order chi connectivity index (χ1) is 6.13. The van der Waals surface area contributed by atoms with Crippen LogP contribution in [0.25, 0.3) is 0 Å². The molecule has 0 aromatic carbocycles. The monoisotopic (exact) mass is 254 g/mol. The summed E-state index contributed by atoms with van der Waals surface area (Å²) in [5.74, 6) is 0.104. The van der Waals surface area contributed by atoms with Crippen LogP contribution >= 0.6 is 35.6 Å². The summed E-state index contributed by atoms with van der Waals surface area (Å²) in [7, 11) is 0. The van der Waals surface area contributed by atoms with E-state index in [4.69, 9.17) is 23.2 Å². The van der Waals surface area contributed by atoms with E-state index in [0.717, 1.165) is 0 Å². The molecule has 1 heterocycles. The molecule has 0 fully saturated rings. The Morgan fingerprint density at radius 3 is 2.71 bits per heavy atom. The Hall–Kier alpha value is -0.510. The van der Waals surface area contributed by atoms with Crippen molar-refractivity contribution in [3.05, 3.63) is 22.8 Å². The molecule has 3 nitrogen and oxygen atoms in total. The minimum absolute atomic E-state index is 0. The molecular formula is C8H9Cl3N2O. The molecule has 0 unspecified atom stereocenters. The summed E-state index contributed by atoms with van der Waals surface area (Å²) in [6, 6.07) is 3.30. The second kappa shape index (κ2) is 6.06. The zero-order chi connectivity index (χ0) is 9.84. The first-order valence-electron chi connectivity index (χ1n) is 3.62. The number of alkyl halides is 1. The normalized spacial score (nSPS) is 9.07. The molecule has 0 radical (unpaired) electrons. The molecule has 1 amide bonds. The highest BCUT2D eigenvalue weighted by molar-refractivity contribution is 6.31. The molecule has 78 valence electrons. The molecule has 1 N–H and O–H groups in total. The van der Waals surface area contributed by atoms with Crippen LogP contribution in [-0.4, -0.2) is 16.8 Å². The Bertz CT molecular complexity index is 330. The zero-order valence-electron chi connectivity index (χ0n) is 7.38. The predicted octanol–water partition coefficient (Wildman–Crippen LogP) is 2.64. The van der Waals surface area contributed by atoms with Crippen LogP contribution in [0, 0.1) is 6.92 Å². The van der Waals surface area contributed by atoms with Crippen LogP contribution in [-0.2, 0) is 4.79 Å². The van der Waals surface area contributed by atoms with Crippen molar-refractivity contribution in [3.63, 3.8) is 0 Å². The standard InChI is InChI=1S/C8H8Cl2N2O.ClH/c1-5-6(10)2-3-7(11-5)12-8(13)4-9;/h2-3H,4H2,1H3,(H,11,12,13);1H. The number of halogens is 3. The van der Waals surface area contributed by atoms with Gasteiger partial charge < -0.3 is 5.32 Å². The molecule has 0 aliphatic rings. The van der Waals surface area contributed by atoms with E-state index in [2.05, 4.69) is 10.3 Å². The molecule has 0 atom stereocenters. The largest absolute Gasteiger partial charge is 0.310 e. The molecule has 0 bridgehead atoms. The van der Waals surface area contributed by atoms with E-state index in [9.17, 15) is 4.79 Å². The molecule has 0 spiro atoms. The average molecular weight is 256 g/mol. The first-order valence-corrected chi connectivity index (χ1v) is 4.53. The number of nitrogens with zero attached hydrogens (tertiary/aromatic N) is 1. The maximum absolute atomic E-state index is 10.9. The molecule has 0 aliphatic heterocycles. The third-order valence-electron chi connectivity index (χ3n) is 1.41. The summed E-state index contributed by atoms with van der Waals surface area (Å²) >= 11 is 11.1. The van der Waals surface area contributed by atoms with Crippen molar-refractivity contribution in [1.82, 2.24) is 4.98 Å². The van der Waals surface area contributed by atoms with Crippen molar-refractivity contribution in [2.75, 3.05) is 11.2 Å². The number of anilines is 1. The highest BCUT2D eigenvalue weighted by Gasteiger charge is 2.02. The van der Waals surface area contributed by atoms with Gasteiger partial charge in [-0.25, -0.2) is 4.98 Å². The maximum Gasteiger partial charge on any atom is 0.240 e. The van der Waals surface area contributed by atoms with Gasteiger partial charge in [-0.15, -0.1) is 24.0 Å². The zero-order valence-corrected chi connectivity index (χ0v) is 9.71. The number of pyridine rings is 1. The lowest BCUT2D eigenvalue weighted by atomic mass is 10.3. The summed E-state index contributed by atoms with van der Waals surface area (Å²) in [6.07, 6.45) is 0. The number of carbonyl (C=O) groups excluding carboxylic acids is 1. The van der Waals surface area contributed by atoms with Crippen LogP contribution < -0.4 is 5.32 Å². The van der Waals surface area contributed by atoms with Gasteiger partial charge in [0.2, 0.25) is 5.91 Å². The average Bonchev–Trinajstić information content (AvgIpc) is 2.11. The Morgan fingerprint density at radius 2 is 2.21 bits per heavy atom. The van der Waals surface area contributed by atoms with Gasteiger partial charge in [-0.1, -0.05) is 11.6 Å². The van der Waals surface area contributed by atoms with E-state index in [1.54, 1.807) is 19.1 Å². The topological polar surface area (TPSA) is 42.0 Å². The summed E-state index contributed by atoms with van der Waals surface area (Å²) < 4.78 is 0. The Kier molecular flexibility index (Phi) is 5.84. The minimum Gasteiger partial charge on any atom is -0.310 e. The lowest BCUT2D eigenvalue weighted by molar-refractivity contribution is -0.113. The van der Waals surface area contributed by atoms with E-state index >= 15 is 0 Å². The first kappa shape index (κ1) is 13.5. The van der Waals surface area contributed by atoms with Crippen molar-refractivity contribution < 1.29 is 4.79 Å². The quantitative estimate of drug-likeness (QED) is 0.826. The number of aromatic nitrogens is 1. The van der Waals surface area contributed by atoms with Crippen molar-refractivity contribution in [2.24, 2.45) is 0 Å². The molecule has 14 heavy (non-hydrogen) atoms. The van der Waals surface area contributed by atoms with Gasteiger partial charge >= 0.3 is 0 Å². The number of carbonyl (C=O) groups is 1.